The molecule has 1 aliphatic heterocycles. The first-order valence-corrected chi connectivity index (χ1v) is 11.6. The summed E-state index contributed by atoms with van der Waals surface area (Å²) in [5.41, 5.74) is 1.27. The number of carboxylic acid groups (broad SMARTS) is 2. The standard InChI is InChI=1S/C22H30N4O3.C2H2O4/c27-26(28)20-9-12-22(24-18-20)23-13-4-6-19-7-10-21(11-8-19)29-17-5-16-25-14-2-1-3-15-25;3-1(4)2(5)6/h7-12,18H,1-6,13-17H2,(H,23,24);(H,3,4)(H,5,6). The summed E-state index contributed by atoms with van der Waals surface area (Å²) in [7, 11) is 0. The Kier molecular flexibility index (Phi) is 12.0. The van der Waals surface area contributed by atoms with Crippen molar-refractivity contribution in [1.82, 2.24) is 9.88 Å². The van der Waals surface area contributed by atoms with Crippen LogP contribution in [0.4, 0.5) is 11.5 Å². The summed E-state index contributed by atoms with van der Waals surface area (Å²) in [4.78, 5) is 35.0. The van der Waals surface area contributed by atoms with Gasteiger partial charge in [-0.3, -0.25) is 10.1 Å². The average molecular weight is 489 g/mol. The third-order valence-electron chi connectivity index (χ3n) is 5.35. The number of carbonyl (C=O) groups is 2. The lowest BCUT2D eigenvalue weighted by molar-refractivity contribution is -0.385. The summed E-state index contributed by atoms with van der Waals surface area (Å²) in [5, 5.41) is 28.6. The smallest absolute Gasteiger partial charge is 0.414 e. The number of benzene rings is 1. The van der Waals surface area contributed by atoms with Crippen LogP contribution in [0.5, 0.6) is 5.75 Å². The van der Waals surface area contributed by atoms with Crippen LogP contribution in [0, 0.1) is 10.1 Å². The molecular formula is C24H32N4O7. The Morgan fingerprint density at radius 3 is 2.29 bits per heavy atom. The number of aryl methyl sites for hydroxylation is 1. The predicted molar refractivity (Wildman–Crippen MR) is 130 cm³/mol. The second-order valence-corrected chi connectivity index (χ2v) is 8.05. The monoisotopic (exact) mass is 488 g/mol. The first-order valence-electron chi connectivity index (χ1n) is 11.6. The van der Waals surface area contributed by atoms with E-state index in [1.807, 2.05) is 12.1 Å². The van der Waals surface area contributed by atoms with Crippen molar-refractivity contribution in [2.24, 2.45) is 0 Å². The van der Waals surface area contributed by atoms with Gasteiger partial charge in [-0.2, -0.15) is 0 Å². The largest absolute Gasteiger partial charge is 0.494 e. The maximum absolute atomic E-state index is 10.6. The number of piperidine rings is 1. The molecule has 0 aliphatic carbocycles. The van der Waals surface area contributed by atoms with E-state index in [1.54, 1.807) is 6.07 Å². The van der Waals surface area contributed by atoms with Gasteiger partial charge in [-0.05, 0) is 69.0 Å². The van der Waals surface area contributed by atoms with E-state index < -0.39 is 16.9 Å². The number of pyridine rings is 1. The number of nitrogens with one attached hydrogen (secondary N) is 1. The number of anilines is 1. The highest BCUT2D eigenvalue weighted by Crippen LogP contribution is 2.15. The van der Waals surface area contributed by atoms with E-state index in [-0.39, 0.29) is 5.69 Å². The lowest BCUT2D eigenvalue weighted by atomic mass is 10.1. The Hall–Kier alpha value is -3.73. The van der Waals surface area contributed by atoms with Crippen molar-refractivity contribution < 1.29 is 29.5 Å². The molecule has 0 bridgehead atoms. The zero-order valence-corrected chi connectivity index (χ0v) is 19.6. The molecule has 3 rings (SSSR count). The molecular weight excluding hydrogens is 456 g/mol. The summed E-state index contributed by atoms with van der Waals surface area (Å²) in [5.74, 6) is -2.06. The molecule has 35 heavy (non-hydrogen) atoms. The molecule has 11 heteroatoms. The number of aromatic nitrogens is 1. The zero-order valence-electron chi connectivity index (χ0n) is 19.6. The van der Waals surface area contributed by atoms with Crippen molar-refractivity contribution in [3.8, 4) is 5.75 Å². The van der Waals surface area contributed by atoms with E-state index in [0.29, 0.717) is 5.82 Å². The molecule has 3 N–H and O–H groups in total. The summed E-state index contributed by atoms with van der Waals surface area (Å²) in [6.45, 7) is 5.14. The Morgan fingerprint density at radius 1 is 1.03 bits per heavy atom. The van der Waals surface area contributed by atoms with E-state index in [0.717, 1.165) is 44.7 Å². The van der Waals surface area contributed by atoms with Crippen molar-refractivity contribution in [2.75, 3.05) is 38.1 Å². The number of aliphatic carboxylic acids is 2. The number of hydrogen-bond acceptors (Lipinski definition) is 8. The number of hydrogen-bond donors (Lipinski definition) is 3. The molecule has 1 aliphatic rings. The molecule has 11 nitrogen and oxygen atoms in total. The van der Waals surface area contributed by atoms with Gasteiger partial charge in [0, 0.05) is 19.2 Å². The van der Waals surface area contributed by atoms with Crippen LogP contribution in [-0.2, 0) is 16.0 Å². The Morgan fingerprint density at radius 2 is 1.71 bits per heavy atom. The zero-order chi connectivity index (χ0) is 25.5. The summed E-state index contributed by atoms with van der Waals surface area (Å²) < 4.78 is 5.87. The van der Waals surface area contributed by atoms with Crippen molar-refractivity contribution in [3.63, 3.8) is 0 Å². The van der Waals surface area contributed by atoms with E-state index in [9.17, 15) is 10.1 Å². The molecule has 1 saturated heterocycles. The van der Waals surface area contributed by atoms with Gasteiger partial charge in [-0.1, -0.05) is 18.6 Å². The van der Waals surface area contributed by atoms with Gasteiger partial charge >= 0.3 is 11.9 Å². The minimum Gasteiger partial charge on any atom is -0.494 e. The summed E-state index contributed by atoms with van der Waals surface area (Å²) in [6, 6.07) is 11.4. The molecule has 1 aromatic carbocycles. The number of rotatable bonds is 11. The van der Waals surface area contributed by atoms with E-state index in [4.69, 9.17) is 24.5 Å². The number of nitro groups is 1. The summed E-state index contributed by atoms with van der Waals surface area (Å²) >= 11 is 0. The number of nitrogens with zero attached hydrogens (tertiary/aromatic N) is 3. The third kappa shape index (κ3) is 11.3. The van der Waals surface area contributed by atoms with Crippen LogP contribution in [0.25, 0.3) is 0 Å². The molecule has 0 saturated carbocycles. The molecule has 190 valence electrons. The van der Waals surface area contributed by atoms with Crippen molar-refractivity contribution in [2.45, 2.75) is 38.5 Å². The number of likely N-dealkylation sites (tertiary alicyclic amines) is 1. The van der Waals surface area contributed by atoms with Crippen molar-refractivity contribution >= 4 is 23.4 Å². The third-order valence-corrected chi connectivity index (χ3v) is 5.35. The van der Waals surface area contributed by atoms with E-state index >= 15 is 0 Å². The van der Waals surface area contributed by atoms with Crippen LogP contribution >= 0.6 is 0 Å². The fourth-order valence-electron chi connectivity index (χ4n) is 3.52. The van der Waals surface area contributed by atoms with Gasteiger partial charge in [-0.25, -0.2) is 14.6 Å². The highest BCUT2D eigenvalue weighted by atomic mass is 16.6. The second-order valence-electron chi connectivity index (χ2n) is 8.05. The fourth-order valence-corrected chi connectivity index (χ4v) is 3.52. The van der Waals surface area contributed by atoms with Gasteiger partial charge in [0.25, 0.3) is 5.69 Å². The molecule has 0 amide bonds. The number of carboxylic acids is 2. The van der Waals surface area contributed by atoms with Gasteiger partial charge in [0.1, 0.15) is 17.8 Å². The highest BCUT2D eigenvalue weighted by Gasteiger charge is 2.09. The van der Waals surface area contributed by atoms with Crippen LogP contribution in [0.15, 0.2) is 42.6 Å². The molecule has 0 spiro atoms. The van der Waals surface area contributed by atoms with Crippen molar-refractivity contribution in [3.05, 3.63) is 58.3 Å². The molecule has 1 fully saturated rings. The molecule has 0 radical (unpaired) electrons. The minimum absolute atomic E-state index is 0.00403. The van der Waals surface area contributed by atoms with Crippen LogP contribution < -0.4 is 10.1 Å². The van der Waals surface area contributed by atoms with Crippen LogP contribution in [0.2, 0.25) is 0 Å². The predicted octanol–water partition coefficient (Wildman–Crippen LogP) is 3.44. The first kappa shape index (κ1) is 27.5. The summed E-state index contributed by atoms with van der Waals surface area (Å²) in [6.07, 6.45) is 8.30. The number of ether oxygens (including phenoxy) is 1. The van der Waals surface area contributed by atoms with Crippen LogP contribution in [0.3, 0.4) is 0 Å². The van der Waals surface area contributed by atoms with E-state index in [1.165, 1.54) is 50.2 Å². The fraction of sp³-hybridized carbons (Fsp3) is 0.458. The normalized spacial score (nSPS) is 13.3. The first-order chi connectivity index (χ1) is 16.8. The van der Waals surface area contributed by atoms with Gasteiger partial charge in [0.2, 0.25) is 0 Å². The Labute approximate surface area is 203 Å². The van der Waals surface area contributed by atoms with Crippen molar-refractivity contribution in [1.29, 1.82) is 0 Å². The molecule has 0 unspecified atom stereocenters. The average Bonchev–Trinajstić information content (AvgIpc) is 2.86. The lowest BCUT2D eigenvalue weighted by Gasteiger charge is -2.26. The second kappa shape index (κ2) is 15.2. The maximum Gasteiger partial charge on any atom is 0.414 e. The van der Waals surface area contributed by atoms with E-state index in [2.05, 4.69) is 27.3 Å². The van der Waals surface area contributed by atoms with Crippen LogP contribution in [0.1, 0.15) is 37.7 Å². The minimum atomic E-state index is -1.82. The van der Waals surface area contributed by atoms with Crippen LogP contribution in [-0.4, -0.2) is 69.7 Å². The Balaban J connectivity index is 0.000000641. The molecule has 2 aromatic rings. The van der Waals surface area contributed by atoms with Gasteiger partial charge in [0.15, 0.2) is 0 Å². The van der Waals surface area contributed by atoms with Gasteiger partial charge in [-0.15, -0.1) is 0 Å². The maximum atomic E-state index is 10.6. The quantitative estimate of drug-likeness (QED) is 0.185. The topological polar surface area (TPSA) is 155 Å². The molecule has 1 aromatic heterocycles. The van der Waals surface area contributed by atoms with Gasteiger partial charge in [0.05, 0.1) is 11.5 Å². The lowest BCUT2D eigenvalue weighted by Crippen LogP contribution is -2.31. The molecule has 0 atom stereocenters. The van der Waals surface area contributed by atoms with Gasteiger partial charge < -0.3 is 25.2 Å². The molecule has 2 heterocycles. The highest BCUT2D eigenvalue weighted by molar-refractivity contribution is 6.27. The Bertz CT molecular complexity index is 918. The SMILES string of the molecule is O=C(O)C(=O)O.O=[N+]([O-])c1ccc(NCCCc2ccc(OCCCN3CCCCC3)cc2)nc1.